The molecule has 1 saturated heterocycles. The number of amides is 1. The summed E-state index contributed by atoms with van der Waals surface area (Å²) in [6.07, 6.45) is 1.53. The van der Waals surface area contributed by atoms with Crippen molar-refractivity contribution in [2.45, 2.75) is 18.9 Å². The third kappa shape index (κ3) is 8.53. The van der Waals surface area contributed by atoms with Gasteiger partial charge in [0.25, 0.3) is 0 Å². The highest BCUT2D eigenvalue weighted by Crippen LogP contribution is 2.02. The molecule has 132 valence electrons. The number of nitrogens with two attached hydrogens (primary N) is 1. The van der Waals surface area contributed by atoms with Crippen LogP contribution in [0.5, 0.6) is 0 Å². The SMILES string of the molecule is Cl.Cl.NC(Cc1ccccc1)C(=O)NCCCN1CCOCC1. The van der Waals surface area contributed by atoms with Crippen molar-refractivity contribution in [3.63, 3.8) is 0 Å². The molecule has 1 amide bonds. The molecule has 1 fully saturated rings. The summed E-state index contributed by atoms with van der Waals surface area (Å²) in [7, 11) is 0. The molecule has 0 saturated carbocycles. The van der Waals surface area contributed by atoms with E-state index >= 15 is 0 Å². The maximum atomic E-state index is 11.9. The van der Waals surface area contributed by atoms with Crippen LogP contribution in [-0.4, -0.2) is 56.2 Å². The van der Waals surface area contributed by atoms with Crippen LogP contribution in [0.1, 0.15) is 12.0 Å². The van der Waals surface area contributed by atoms with E-state index in [1.54, 1.807) is 0 Å². The number of nitrogens with one attached hydrogen (secondary N) is 1. The Kier molecular flexibility index (Phi) is 12.1. The quantitative estimate of drug-likeness (QED) is 0.715. The predicted octanol–water partition coefficient (Wildman–Crippen LogP) is 1.24. The van der Waals surface area contributed by atoms with Crippen LogP contribution in [0.4, 0.5) is 0 Å². The van der Waals surface area contributed by atoms with Crippen molar-refractivity contribution in [3.05, 3.63) is 35.9 Å². The second-order valence-electron chi connectivity index (χ2n) is 5.39. The Morgan fingerprint density at radius 2 is 1.87 bits per heavy atom. The molecule has 0 radical (unpaired) electrons. The van der Waals surface area contributed by atoms with Gasteiger partial charge >= 0.3 is 0 Å². The van der Waals surface area contributed by atoms with Crippen LogP contribution in [0, 0.1) is 0 Å². The van der Waals surface area contributed by atoms with E-state index in [9.17, 15) is 4.79 Å². The van der Waals surface area contributed by atoms with Crippen molar-refractivity contribution >= 4 is 30.7 Å². The molecule has 5 nitrogen and oxygen atoms in total. The fourth-order valence-corrected chi connectivity index (χ4v) is 2.43. The van der Waals surface area contributed by atoms with E-state index in [2.05, 4.69) is 10.2 Å². The van der Waals surface area contributed by atoms with Gasteiger partial charge < -0.3 is 15.8 Å². The molecule has 1 heterocycles. The topological polar surface area (TPSA) is 67.6 Å². The summed E-state index contributed by atoms with van der Waals surface area (Å²) in [6, 6.07) is 9.39. The van der Waals surface area contributed by atoms with Gasteiger partial charge in [0, 0.05) is 19.6 Å². The van der Waals surface area contributed by atoms with Crippen molar-refractivity contribution in [2.24, 2.45) is 5.73 Å². The van der Waals surface area contributed by atoms with Gasteiger partial charge in [-0.1, -0.05) is 30.3 Å². The molecule has 0 spiro atoms. The van der Waals surface area contributed by atoms with Gasteiger partial charge in [0.2, 0.25) is 5.91 Å². The Morgan fingerprint density at radius 3 is 2.52 bits per heavy atom. The van der Waals surface area contributed by atoms with E-state index < -0.39 is 6.04 Å². The van der Waals surface area contributed by atoms with E-state index in [0.29, 0.717) is 13.0 Å². The number of halogens is 2. The molecular weight excluding hydrogens is 337 g/mol. The molecule has 1 unspecified atom stereocenters. The zero-order valence-electron chi connectivity index (χ0n) is 13.3. The van der Waals surface area contributed by atoms with Gasteiger partial charge in [0.1, 0.15) is 0 Å². The first-order valence-corrected chi connectivity index (χ1v) is 7.63. The monoisotopic (exact) mass is 363 g/mol. The number of benzene rings is 1. The van der Waals surface area contributed by atoms with Crippen LogP contribution in [0.2, 0.25) is 0 Å². The lowest BCUT2D eigenvalue weighted by molar-refractivity contribution is -0.122. The number of carbonyl (C=O) groups excluding carboxylic acids is 1. The average Bonchev–Trinajstić information content (AvgIpc) is 2.53. The first-order chi connectivity index (χ1) is 10.3. The Morgan fingerprint density at radius 1 is 1.22 bits per heavy atom. The summed E-state index contributed by atoms with van der Waals surface area (Å²) in [5.74, 6) is -0.0687. The third-order valence-electron chi connectivity index (χ3n) is 3.69. The Bertz CT molecular complexity index is 429. The van der Waals surface area contributed by atoms with Crippen LogP contribution in [0.25, 0.3) is 0 Å². The summed E-state index contributed by atoms with van der Waals surface area (Å²) in [4.78, 5) is 14.3. The van der Waals surface area contributed by atoms with Gasteiger partial charge in [-0.05, 0) is 24.9 Å². The minimum absolute atomic E-state index is 0. The lowest BCUT2D eigenvalue weighted by Gasteiger charge is -2.26. The zero-order valence-corrected chi connectivity index (χ0v) is 14.9. The number of hydrogen-bond donors (Lipinski definition) is 2. The van der Waals surface area contributed by atoms with Gasteiger partial charge in [-0.3, -0.25) is 9.69 Å². The minimum atomic E-state index is -0.476. The van der Waals surface area contributed by atoms with Gasteiger partial charge in [-0.15, -0.1) is 24.8 Å². The van der Waals surface area contributed by atoms with Crippen molar-refractivity contribution in [3.8, 4) is 0 Å². The first-order valence-electron chi connectivity index (χ1n) is 7.63. The largest absolute Gasteiger partial charge is 0.379 e. The molecule has 0 aromatic heterocycles. The Balaban J connectivity index is 0.00000242. The summed E-state index contributed by atoms with van der Waals surface area (Å²) in [5.41, 5.74) is 7.03. The van der Waals surface area contributed by atoms with Crippen molar-refractivity contribution in [2.75, 3.05) is 39.4 Å². The molecule has 2 rings (SSSR count). The molecule has 0 aliphatic carbocycles. The number of ether oxygens (including phenoxy) is 1. The molecule has 1 aromatic rings. The van der Waals surface area contributed by atoms with Crippen LogP contribution in [-0.2, 0) is 16.0 Å². The lowest BCUT2D eigenvalue weighted by atomic mass is 10.1. The van der Waals surface area contributed by atoms with Gasteiger partial charge in [0.15, 0.2) is 0 Å². The second-order valence-corrected chi connectivity index (χ2v) is 5.39. The van der Waals surface area contributed by atoms with E-state index in [1.165, 1.54) is 0 Å². The standard InChI is InChI=1S/C16H25N3O2.2ClH/c17-15(13-14-5-2-1-3-6-14)16(20)18-7-4-8-19-9-11-21-12-10-19;;/h1-3,5-6,15H,4,7-13,17H2,(H,18,20);2*1H. The highest BCUT2D eigenvalue weighted by atomic mass is 35.5. The Labute approximate surface area is 150 Å². The van der Waals surface area contributed by atoms with Gasteiger partial charge in [-0.2, -0.15) is 0 Å². The van der Waals surface area contributed by atoms with Crippen LogP contribution < -0.4 is 11.1 Å². The Hall–Kier alpha value is -0.850. The molecule has 1 aliphatic rings. The van der Waals surface area contributed by atoms with E-state index in [1.807, 2.05) is 30.3 Å². The molecule has 3 N–H and O–H groups in total. The molecule has 1 aliphatic heterocycles. The van der Waals surface area contributed by atoms with E-state index in [-0.39, 0.29) is 30.7 Å². The number of nitrogens with zero attached hydrogens (tertiary/aromatic N) is 1. The molecule has 1 aromatic carbocycles. The van der Waals surface area contributed by atoms with Crippen LogP contribution >= 0.6 is 24.8 Å². The minimum Gasteiger partial charge on any atom is -0.379 e. The van der Waals surface area contributed by atoms with Gasteiger partial charge in [0.05, 0.1) is 19.3 Å². The summed E-state index contributed by atoms with van der Waals surface area (Å²) in [5, 5.41) is 2.92. The van der Waals surface area contributed by atoms with Crippen molar-refractivity contribution in [1.82, 2.24) is 10.2 Å². The summed E-state index contributed by atoms with van der Waals surface area (Å²) in [6.45, 7) is 5.28. The van der Waals surface area contributed by atoms with Crippen LogP contribution in [0.15, 0.2) is 30.3 Å². The number of carbonyl (C=O) groups is 1. The highest BCUT2D eigenvalue weighted by Gasteiger charge is 2.14. The van der Waals surface area contributed by atoms with Crippen LogP contribution in [0.3, 0.4) is 0 Å². The zero-order chi connectivity index (χ0) is 14.9. The van der Waals surface area contributed by atoms with E-state index in [4.69, 9.17) is 10.5 Å². The fraction of sp³-hybridized carbons (Fsp3) is 0.562. The fourth-order valence-electron chi connectivity index (χ4n) is 2.43. The van der Waals surface area contributed by atoms with E-state index in [0.717, 1.165) is 44.8 Å². The number of rotatable bonds is 7. The molecule has 1 atom stereocenters. The summed E-state index contributed by atoms with van der Waals surface area (Å²) >= 11 is 0. The number of morpholine rings is 1. The molecule has 23 heavy (non-hydrogen) atoms. The first kappa shape index (κ1) is 22.1. The van der Waals surface area contributed by atoms with Gasteiger partial charge in [-0.25, -0.2) is 0 Å². The normalized spacial score (nSPS) is 15.9. The smallest absolute Gasteiger partial charge is 0.237 e. The highest BCUT2D eigenvalue weighted by molar-refractivity contribution is 5.85. The third-order valence-corrected chi connectivity index (χ3v) is 3.69. The second kappa shape index (κ2) is 12.6. The van der Waals surface area contributed by atoms with Crippen molar-refractivity contribution < 1.29 is 9.53 Å². The molecular formula is C16H27Cl2N3O2. The predicted molar refractivity (Wildman–Crippen MR) is 97.5 cm³/mol. The molecule has 0 bridgehead atoms. The maximum absolute atomic E-state index is 11.9. The molecule has 7 heteroatoms. The number of hydrogen-bond acceptors (Lipinski definition) is 4. The lowest BCUT2D eigenvalue weighted by Crippen LogP contribution is -2.43. The van der Waals surface area contributed by atoms with Crippen molar-refractivity contribution in [1.29, 1.82) is 0 Å². The summed E-state index contributed by atoms with van der Waals surface area (Å²) < 4.78 is 5.30. The maximum Gasteiger partial charge on any atom is 0.237 e. The average molecular weight is 364 g/mol.